The molecule has 2 heterocycles. The molecule has 0 amide bonds. The van der Waals surface area contributed by atoms with Gasteiger partial charge in [-0.25, -0.2) is 13.4 Å². The highest BCUT2D eigenvalue weighted by Crippen LogP contribution is 2.39. The Bertz CT molecular complexity index is 1380. The van der Waals surface area contributed by atoms with Crippen LogP contribution >= 0.6 is 11.6 Å². The van der Waals surface area contributed by atoms with Gasteiger partial charge in [0.1, 0.15) is 10.8 Å². The molecule has 0 unspecified atom stereocenters. The number of hydrogen-bond acceptors (Lipinski definition) is 10. The summed E-state index contributed by atoms with van der Waals surface area (Å²) in [6.45, 7) is 7.41. The number of benzene rings is 1. The molecule has 4 rings (SSSR count). The Balaban J connectivity index is 1.65. The van der Waals surface area contributed by atoms with Crippen LogP contribution in [0.2, 0.25) is 5.02 Å². The average molecular weight is 590 g/mol. The number of aromatic nitrogens is 2. The Morgan fingerprint density at radius 2 is 1.95 bits per heavy atom. The molecular formula is C28H40ClN7O3S. The molecule has 1 saturated carbocycles. The van der Waals surface area contributed by atoms with Crippen LogP contribution in [-0.2, 0) is 9.84 Å². The molecule has 0 spiro atoms. The molecular weight excluding hydrogens is 550 g/mol. The molecule has 0 atom stereocenters. The number of allylic oxidation sites excluding steroid dienone is 1. The Kier molecular flexibility index (Phi) is 9.58. The fourth-order valence-corrected chi connectivity index (χ4v) is 5.84. The van der Waals surface area contributed by atoms with Crippen LogP contribution < -0.4 is 21.1 Å². The van der Waals surface area contributed by atoms with Crippen molar-refractivity contribution in [3.8, 4) is 5.75 Å². The van der Waals surface area contributed by atoms with Crippen LogP contribution in [-0.4, -0.2) is 68.0 Å². The van der Waals surface area contributed by atoms with Crippen molar-refractivity contribution in [3.63, 3.8) is 0 Å². The average Bonchev–Trinajstić information content (AvgIpc) is 2.88. The van der Waals surface area contributed by atoms with E-state index in [4.69, 9.17) is 22.1 Å². The van der Waals surface area contributed by atoms with Gasteiger partial charge in [0.2, 0.25) is 5.95 Å². The Hall–Kier alpha value is -2.89. The van der Waals surface area contributed by atoms with Gasteiger partial charge in [-0.15, -0.1) is 0 Å². The third-order valence-electron chi connectivity index (χ3n) is 7.57. The second kappa shape index (κ2) is 12.7. The number of hydrogen-bond donors (Lipinski definition) is 3. The van der Waals surface area contributed by atoms with E-state index in [0.717, 1.165) is 50.2 Å². The minimum Gasteiger partial charge on any atom is -0.488 e. The number of nitrogens with zero attached hydrogens (tertiary/aromatic N) is 4. The van der Waals surface area contributed by atoms with Gasteiger partial charge in [0.25, 0.3) is 0 Å². The Morgan fingerprint density at radius 3 is 2.55 bits per heavy atom. The van der Waals surface area contributed by atoms with Crippen molar-refractivity contribution in [2.45, 2.75) is 70.1 Å². The Labute approximate surface area is 242 Å². The van der Waals surface area contributed by atoms with Crippen molar-refractivity contribution in [1.29, 1.82) is 0 Å². The summed E-state index contributed by atoms with van der Waals surface area (Å²) in [5.41, 5.74) is 9.39. The number of piperidine rings is 1. The molecule has 0 radical (unpaired) electrons. The van der Waals surface area contributed by atoms with Crippen LogP contribution in [0.25, 0.3) is 0 Å². The van der Waals surface area contributed by atoms with Gasteiger partial charge in [-0.3, -0.25) is 4.99 Å². The molecule has 2 aromatic rings. The number of likely N-dealkylation sites (tertiary alicyclic amines) is 1. The van der Waals surface area contributed by atoms with E-state index < -0.39 is 15.1 Å². The lowest BCUT2D eigenvalue weighted by Crippen LogP contribution is -2.29. The van der Waals surface area contributed by atoms with Crippen molar-refractivity contribution in [2.75, 3.05) is 37.8 Å². The first kappa shape index (κ1) is 30.1. The molecule has 1 aliphatic carbocycles. The van der Waals surface area contributed by atoms with Crippen molar-refractivity contribution >= 4 is 45.1 Å². The third kappa shape index (κ3) is 6.87. The lowest BCUT2D eigenvalue weighted by atomic mass is 9.86. The van der Waals surface area contributed by atoms with Crippen LogP contribution in [0.3, 0.4) is 0 Å². The van der Waals surface area contributed by atoms with E-state index in [9.17, 15) is 8.42 Å². The minimum absolute atomic E-state index is 0.0788. The SMILES string of the molecule is CN=CC(Nc1nc(Nc2cc(C)c(C3CCN(C)CC3)cc2OC2CCC2)ncc1Cl)=C(N)S(=O)(=O)C(C)C. The maximum absolute atomic E-state index is 12.7. The van der Waals surface area contributed by atoms with Gasteiger partial charge >= 0.3 is 0 Å². The van der Waals surface area contributed by atoms with Crippen molar-refractivity contribution in [1.82, 2.24) is 14.9 Å². The monoisotopic (exact) mass is 589 g/mol. The molecule has 1 aromatic heterocycles. The minimum atomic E-state index is -3.74. The molecule has 1 saturated heterocycles. The van der Waals surface area contributed by atoms with E-state index in [0.29, 0.717) is 5.92 Å². The number of ether oxygens (including phenoxy) is 1. The van der Waals surface area contributed by atoms with Gasteiger partial charge in [0.05, 0.1) is 28.9 Å². The number of aryl methyl sites for hydroxylation is 1. The summed E-state index contributed by atoms with van der Waals surface area (Å²) >= 11 is 6.39. The number of sulfone groups is 1. The van der Waals surface area contributed by atoms with Crippen molar-refractivity contribution < 1.29 is 13.2 Å². The van der Waals surface area contributed by atoms with Gasteiger partial charge in [-0.05, 0) is 102 Å². The number of nitrogens with one attached hydrogen (secondary N) is 2. The van der Waals surface area contributed by atoms with E-state index >= 15 is 0 Å². The summed E-state index contributed by atoms with van der Waals surface area (Å²) in [6, 6.07) is 4.27. The second-order valence-corrected chi connectivity index (χ2v) is 13.7. The lowest BCUT2D eigenvalue weighted by Gasteiger charge is -2.32. The van der Waals surface area contributed by atoms with Gasteiger partial charge in [-0.1, -0.05) is 11.6 Å². The zero-order valence-corrected chi connectivity index (χ0v) is 25.4. The van der Waals surface area contributed by atoms with Crippen LogP contribution in [0.5, 0.6) is 5.75 Å². The smallest absolute Gasteiger partial charge is 0.229 e. The summed E-state index contributed by atoms with van der Waals surface area (Å²) in [4.78, 5) is 15.2. The number of nitrogens with two attached hydrogens (primary N) is 1. The number of anilines is 3. The van der Waals surface area contributed by atoms with Gasteiger partial charge in [-0.2, -0.15) is 4.98 Å². The largest absolute Gasteiger partial charge is 0.488 e. The first-order chi connectivity index (χ1) is 19.0. The van der Waals surface area contributed by atoms with Crippen LogP contribution in [0.1, 0.15) is 63.0 Å². The Morgan fingerprint density at radius 1 is 1.25 bits per heavy atom. The molecule has 10 nitrogen and oxygen atoms in total. The molecule has 1 aliphatic heterocycles. The zero-order valence-electron chi connectivity index (χ0n) is 23.9. The summed E-state index contributed by atoms with van der Waals surface area (Å²) in [7, 11) is -0.0541. The quantitative estimate of drug-likeness (QED) is 0.328. The van der Waals surface area contributed by atoms with Crippen LogP contribution in [0.4, 0.5) is 17.5 Å². The predicted octanol–water partition coefficient (Wildman–Crippen LogP) is 4.99. The van der Waals surface area contributed by atoms with E-state index in [-0.39, 0.29) is 33.6 Å². The second-order valence-electron chi connectivity index (χ2n) is 10.9. The predicted molar refractivity (Wildman–Crippen MR) is 163 cm³/mol. The first-order valence-corrected chi connectivity index (χ1v) is 15.6. The molecule has 218 valence electrons. The molecule has 12 heteroatoms. The van der Waals surface area contributed by atoms with Crippen LogP contribution in [0.15, 0.2) is 34.0 Å². The van der Waals surface area contributed by atoms with Crippen LogP contribution in [0, 0.1) is 6.92 Å². The molecule has 4 N–H and O–H groups in total. The maximum Gasteiger partial charge on any atom is 0.229 e. The van der Waals surface area contributed by atoms with Gasteiger partial charge in [0, 0.05) is 13.3 Å². The molecule has 2 fully saturated rings. The molecule has 2 aliphatic rings. The maximum atomic E-state index is 12.7. The summed E-state index contributed by atoms with van der Waals surface area (Å²) in [5.74, 6) is 1.74. The lowest BCUT2D eigenvalue weighted by molar-refractivity contribution is 0.121. The van der Waals surface area contributed by atoms with Crippen molar-refractivity contribution in [3.05, 3.63) is 45.2 Å². The molecule has 40 heavy (non-hydrogen) atoms. The third-order valence-corrected chi connectivity index (χ3v) is 9.92. The van der Waals surface area contributed by atoms with Crippen molar-refractivity contribution in [2.24, 2.45) is 10.7 Å². The first-order valence-electron chi connectivity index (χ1n) is 13.7. The zero-order chi connectivity index (χ0) is 29.0. The van der Waals surface area contributed by atoms with Gasteiger partial charge in [0.15, 0.2) is 20.7 Å². The number of halogens is 1. The fourth-order valence-electron chi connectivity index (χ4n) is 4.78. The standard InChI is InChI=1S/C28H40ClN7O3S/c1-17(2)40(37,38)26(30)24(16-31-4)33-27-22(29)15-32-28(35-27)34-23-13-18(3)21(19-9-11-36(5)12-10-19)14-25(23)39-20-7-6-8-20/h13-17,19-20H,6-12,30H2,1-5H3,(H2,32,33,34,35). The van der Waals surface area contributed by atoms with Gasteiger partial charge < -0.3 is 26.0 Å². The molecule has 0 bridgehead atoms. The highest BCUT2D eigenvalue weighted by atomic mass is 35.5. The topological polar surface area (TPSA) is 135 Å². The number of aliphatic imine (C=N–C) groups is 1. The fraction of sp³-hybridized carbons (Fsp3) is 0.536. The van der Waals surface area contributed by atoms with E-state index in [1.54, 1.807) is 13.8 Å². The normalized spacial score (nSPS) is 18.1. The summed E-state index contributed by atoms with van der Waals surface area (Å²) in [6.07, 6.45) is 8.46. The summed E-state index contributed by atoms with van der Waals surface area (Å²) < 4.78 is 31.8. The highest BCUT2D eigenvalue weighted by Gasteiger charge is 2.26. The highest BCUT2D eigenvalue weighted by molar-refractivity contribution is 7.95. The number of rotatable bonds is 10. The summed E-state index contributed by atoms with van der Waals surface area (Å²) in [5, 5.41) is 5.39. The van der Waals surface area contributed by atoms with E-state index in [1.807, 2.05) is 0 Å². The van der Waals surface area contributed by atoms with E-state index in [1.165, 1.54) is 37.0 Å². The molecule has 1 aromatic carbocycles. The van der Waals surface area contributed by atoms with E-state index in [2.05, 4.69) is 56.6 Å².